The van der Waals surface area contributed by atoms with Crippen molar-refractivity contribution in [3.8, 4) is 0 Å². The molecule has 2 heterocycles. The molecular weight excluding hydrogens is 296 g/mol. The quantitative estimate of drug-likeness (QED) is 0.912. The Morgan fingerprint density at radius 2 is 2.33 bits per heavy atom. The summed E-state index contributed by atoms with van der Waals surface area (Å²) < 4.78 is 1.94. The Morgan fingerprint density at radius 1 is 1.56 bits per heavy atom. The Morgan fingerprint density at radius 3 is 3.06 bits per heavy atom. The first-order chi connectivity index (χ1) is 8.65. The molecule has 2 N–H and O–H groups in total. The van der Waals surface area contributed by atoms with Crippen molar-refractivity contribution in [1.82, 2.24) is 9.78 Å². The van der Waals surface area contributed by atoms with Gasteiger partial charge in [-0.05, 0) is 48.2 Å². The van der Waals surface area contributed by atoms with Crippen molar-refractivity contribution in [2.75, 3.05) is 18.0 Å². The summed E-state index contributed by atoms with van der Waals surface area (Å²) in [5, 5.41) is 4.11. The number of aryl methyl sites for hydroxylation is 1. The van der Waals surface area contributed by atoms with Gasteiger partial charge in [0, 0.05) is 19.6 Å². The average Bonchev–Trinajstić information content (AvgIpc) is 2.38. The highest BCUT2D eigenvalue weighted by Crippen LogP contribution is 2.29. The second-order valence-corrected chi connectivity index (χ2v) is 5.49. The molecule has 100 valence electrons. The number of aromatic nitrogens is 2. The van der Waals surface area contributed by atoms with Gasteiger partial charge in [0.1, 0.15) is 4.47 Å². The molecule has 1 unspecified atom stereocenters. The molecule has 0 spiro atoms. The van der Waals surface area contributed by atoms with Crippen LogP contribution in [0.25, 0.3) is 0 Å². The van der Waals surface area contributed by atoms with Crippen LogP contribution in [0.5, 0.6) is 0 Å². The normalized spacial score (nSPS) is 20.2. The number of piperidine rings is 1. The van der Waals surface area contributed by atoms with Crippen LogP contribution >= 0.6 is 15.9 Å². The third-order valence-corrected chi connectivity index (χ3v) is 4.24. The molecule has 1 aliphatic rings. The summed E-state index contributed by atoms with van der Waals surface area (Å²) in [5.74, 6) is 0. The lowest BCUT2D eigenvalue weighted by Crippen LogP contribution is -2.42. The van der Waals surface area contributed by atoms with E-state index in [4.69, 9.17) is 5.73 Å². The first kappa shape index (κ1) is 13.5. The fourth-order valence-electron chi connectivity index (χ4n) is 2.51. The van der Waals surface area contributed by atoms with E-state index in [0.717, 1.165) is 31.5 Å². The molecule has 6 heteroatoms. The zero-order chi connectivity index (χ0) is 13.1. The van der Waals surface area contributed by atoms with E-state index in [1.165, 1.54) is 11.1 Å². The highest BCUT2D eigenvalue weighted by Gasteiger charge is 2.24. The van der Waals surface area contributed by atoms with Gasteiger partial charge in [0.25, 0.3) is 5.56 Å². The molecule has 1 saturated heterocycles. The zero-order valence-corrected chi connectivity index (χ0v) is 12.2. The summed E-state index contributed by atoms with van der Waals surface area (Å²) in [6.45, 7) is 1.65. The smallest absolute Gasteiger partial charge is 0.282 e. The molecule has 1 aromatic heterocycles. The molecule has 0 saturated carbocycles. The van der Waals surface area contributed by atoms with E-state index in [2.05, 4.69) is 25.9 Å². The number of nitrogens with two attached hydrogens (primary N) is 1. The molecular formula is C12H19BrN4O. The van der Waals surface area contributed by atoms with Crippen molar-refractivity contribution in [2.24, 2.45) is 12.8 Å². The summed E-state index contributed by atoms with van der Waals surface area (Å²) in [4.78, 5) is 14.2. The van der Waals surface area contributed by atoms with Gasteiger partial charge in [-0.15, -0.1) is 0 Å². The van der Waals surface area contributed by atoms with E-state index in [9.17, 15) is 4.79 Å². The minimum absolute atomic E-state index is 0.0930. The van der Waals surface area contributed by atoms with Crippen molar-refractivity contribution in [1.29, 1.82) is 0 Å². The predicted octanol–water partition coefficient (Wildman–Crippen LogP) is 1.25. The summed E-state index contributed by atoms with van der Waals surface area (Å²) >= 11 is 3.40. The van der Waals surface area contributed by atoms with E-state index < -0.39 is 0 Å². The SMILES string of the molecule is Cn1ncc(N2CCCCC2CCN)c(Br)c1=O. The van der Waals surface area contributed by atoms with Gasteiger partial charge in [0.15, 0.2) is 0 Å². The van der Waals surface area contributed by atoms with Gasteiger partial charge < -0.3 is 10.6 Å². The van der Waals surface area contributed by atoms with Crippen molar-refractivity contribution in [3.05, 3.63) is 21.0 Å². The Hall–Kier alpha value is -0.880. The maximum Gasteiger partial charge on any atom is 0.282 e. The summed E-state index contributed by atoms with van der Waals surface area (Å²) in [6, 6.07) is 0.425. The number of hydrogen-bond donors (Lipinski definition) is 1. The van der Waals surface area contributed by atoms with Crippen LogP contribution in [0, 0.1) is 0 Å². The van der Waals surface area contributed by atoms with Crippen LogP contribution < -0.4 is 16.2 Å². The molecule has 1 atom stereocenters. The monoisotopic (exact) mass is 314 g/mol. The predicted molar refractivity (Wildman–Crippen MR) is 75.8 cm³/mol. The Bertz CT molecular complexity index is 472. The Labute approximate surface area is 115 Å². The molecule has 0 aliphatic carbocycles. The first-order valence-electron chi connectivity index (χ1n) is 6.33. The number of hydrogen-bond acceptors (Lipinski definition) is 4. The van der Waals surface area contributed by atoms with E-state index >= 15 is 0 Å². The van der Waals surface area contributed by atoms with Crippen LogP contribution in [0.15, 0.2) is 15.5 Å². The molecule has 0 bridgehead atoms. The fourth-order valence-corrected chi connectivity index (χ4v) is 3.10. The maximum atomic E-state index is 11.9. The number of anilines is 1. The van der Waals surface area contributed by atoms with Crippen molar-refractivity contribution >= 4 is 21.6 Å². The van der Waals surface area contributed by atoms with E-state index in [1.807, 2.05) is 0 Å². The molecule has 5 nitrogen and oxygen atoms in total. The van der Waals surface area contributed by atoms with Crippen molar-refractivity contribution < 1.29 is 0 Å². The lowest BCUT2D eigenvalue weighted by Gasteiger charge is -2.37. The highest BCUT2D eigenvalue weighted by atomic mass is 79.9. The van der Waals surface area contributed by atoms with Crippen LogP contribution in [0.3, 0.4) is 0 Å². The van der Waals surface area contributed by atoms with Gasteiger partial charge in [-0.2, -0.15) is 5.10 Å². The van der Waals surface area contributed by atoms with Gasteiger partial charge in [-0.25, -0.2) is 4.68 Å². The first-order valence-corrected chi connectivity index (χ1v) is 7.13. The van der Waals surface area contributed by atoms with Crippen molar-refractivity contribution in [2.45, 2.75) is 31.7 Å². The highest BCUT2D eigenvalue weighted by molar-refractivity contribution is 9.10. The topological polar surface area (TPSA) is 64.2 Å². The standard InChI is InChI=1S/C12H19BrN4O/c1-16-12(18)11(13)10(8-15-16)17-7-3-2-4-9(17)5-6-14/h8-9H,2-7,14H2,1H3. The van der Waals surface area contributed by atoms with Gasteiger partial charge in [0.05, 0.1) is 11.9 Å². The van der Waals surface area contributed by atoms with Crippen LogP contribution in [-0.2, 0) is 7.05 Å². The minimum Gasteiger partial charge on any atom is -0.366 e. The average molecular weight is 315 g/mol. The number of halogens is 1. The molecule has 0 aromatic carbocycles. The summed E-state index contributed by atoms with van der Waals surface area (Å²) in [7, 11) is 1.66. The molecule has 2 rings (SSSR count). The molecule has 18 heavy (non-hydrogen) atoms. The number of nitrogens with zero attached hydrogens (tertiary/aromatic N) is 3. The largest absolute Gasteiger partial charge is 0.366 e. The van der Waals surface area contributed by atoms with E-state index in [1.54, 1.807) is 13.2 Å². The third-order valence-electron chi connectivity index (χ3n) is 3.50. The lowest BCUT2D eigenvalue weighted by molar-refractivity contribution is 0.440. The van der Waals surface area contributed by atoms with Crippen molar-refractivity contribution in [3.63, 3.8) is 0 Å². The number of rotatable bonds is 3. The molecule has 1 fully saturated rings. The summed E-state index contributed by atoms with van der Waals surface area (Å²) in [6.07, 6.45) is 6.25. The molecule has 0 amide bonds. The van der Waals surface area contributed by atoms with E-state index in [-0.39, 0.29) is 5.56 Å². The van der Waals surface area contributed by atoms with Crippen LogP contribution in [0.4, 0.5) is 5.69 Å². The lowest BCUT2D eigenvalue weighted by atomic mass is 9.99. The fraction of sp³-hybridized carbons (Fsp3) is 0.667. The Kier molecular flexibility index (Phi) is 4.40. The summed E-state index contributed by atoms with van der Waals surface area (Å²) in [5.41, 5.74) is 6.48. The maximum absolute atomic E-state index is 11.9. The molecule has 1 aromatic rings. The minimum atomic E-state index is -0.0930. The van der Waals surface area contributed by atoms with E-state index in [0.29, 0.717) is 17.1 Å². The molecule has 1 aliphatic heterocycles. The van der Waals surface area contributed by atoms with Gasteiger partial charge in [0.2, 0.25) is 0 Å². The van der Waals surface area contributed by atoms with Gasteiger partial charge in [-0.1, -0.05) is 0 Å². The van der Waals surface area contributed by atoms with Crippen LogP contribution in [-0.4, -0.2) is 28.9 Å². The zero-order valence-electron chi connectivity index (χ0n) is 10.6. The van der Waals surface area contributed by atoms with Crippen LogP contribution in [0.2, 0.25) is 0 Å². The second kappa shape index (κ2) is 5.84. The Balaban J connectivity index is 2.34. The van der Waals surface area contributed by atoms with Gasteiger partial charge in [-0.3, -0.25) is 4.79 Å². The second-order valence-electron chi connectivity index (χ2n) is 4.69. The molecule has 0 radical (unpaired) electrons. The third kappa shape index (κ3) is 2.59. The van der Waals surface area contributed by atoms with Crippen LogP contribution in [0.1, 0.15) is 25.7 Å². The van der Waals surface area contributed by atoms with Gasteiger partial charge >= 0.3 is 0 Å².